The summed E-state index contributed by atoms with van der Waals surface area (Å²) in [5.41, 5.74) is 8.89. The third-order valence-electron chi connectivity index (χ3n) is 11.9. The van der Waals surface area contributed by atoms with E-state index in [4.69, 9.17) is 9.97 Å². The Labute approximate surface area is 335 Å². The van der Waals surface area contributed by atoms with Gasteiger partial charge in [-0.25, -0.2) is 9.97 Å². The highest BCUT2D eigenvalue weighted by Crippen LogP contribution is 2.42. The Morgan fingerprint density at radius 2 is 0.759 bits per heavy atom. The number of nitrogens with zero attached hydrogens (tertiary/aromatic N) is 5. The number of para-hydroxylation sites is 5. The molecular weight excluding hydrogens is 727 g/mol. The summed E-state index contributed by atoms with van der Waals surface area (Å²) in [7, 11) is 0. The molecule has 270 valence electrons. The first kappa shape index (κ1) is 31.6. The second-order valence-corrected chi connectivity index (χ2v) is 16.1. The van der Waals surface area contributed by atoms with Crippen LogP contribution in [0.4, 0.5) is 0 Å². The molecule has 13 aromatic rings. The average molecular weight is 758 g/mol. The van der Waals surface area contributed by atoms with Crippen LogP contribution in [0.15, 0.2) is 188 Å². The summed E-state index contributed by atoms with van der Waals surface area (Å²) in [4.78, 5) is 10.9. The Morgan fingerprint density at radius 3 is 1.31 bits per heavy atom. The standard InChI is InChI=1S/C52H31N5S/c1-8-21-41-33(14-1)34-15-2-9-22-42(34)56(41)49-31-50(57-43-23-10-3-16-35(43)36-17-4-11-24-44(36)57)54-52(53-49)32-28-29-45-39(30-32)37-18-5-7-20-40(37)55(45)46-25-13-27-48-51(46)38-19-6-12-26-47(38)58-48/h1-31H. The van der Waals surface area contributed by atoms with Gasteiger partial charge in [-0.3, -0.25) is 9.13 Å². The summed E-state index contributed by atoms with van der Waals surface area (Å²) in [5, 5.41) is 9.70. The molecule has 0 saturated carbocycles. The maximum atomic E-state index is 5.47. The Bertz CT molecular complexity index is 3580. The van der Waals surface area contributed by atoms with Gasteiger partial charge in [0.2, 0.25) is 0 Å². The van der Waals surface area contributed by atoms with E-state index in [0.29, 0.717) is 5.82 Å². The van der Waals surface area contributed by atoms with Gasteiger partial charge in [0.05, 0.1) is 38.8 Å². The predicted molar refractivity (Wildman–Crippen MR) is 243 cm³/mol. The van der Waals surface area contributed by atoms with Crippen molar-refractivity contribution in [2.75, 3.05) is 0 Å². The Morgan fingerprint density at radius 1 is 0.328 bits per heavy atom. The van der Waals surface area contributed by atoms with Gasteiger partial charge < -0.3 is 4.57 Å². The van der Waals surface area contributed by atoms with Crippen molar-refractivity contribution in [3.63, 3.8) is 0 Å². The molecule has 8 aromatic carbocycles. The minimum atomic E-state index is 0.667. The Balaban J connectivity index is 1.10. The van der Waals surface area contributed by atoms with Crippen LogP contribution in [0.5, 0.6) is 0 Å². The molecule has 0 spiro atoms. The average Bonchev–Trinajstić information content (AvgIpc) is 4.02. The Hall–Kier alpha value is -7.54. The topological polar surface area (TPSA) is 40.6 Å². The number of aromatic nitrogens is 5. The van der Waals surface area contributed by atoms with Gasteiger partial charge in [0.1, 0.15) is 11.6 Å². The second kappa shape index (κ2) is 12.0. The molecule has 0 amide bonds. The van der Waals surface area contributed by atoms with Gasteiger partial charge in [0.25, 0.3) is 0 Å². The highest BCUT2D eigenvalue weighted by molar-refractivity contribution is 7.25. The largest absolute Gasteiger partial charge is 0.309 e. The van der Waals surface area contributed by atoms with E-state index in [0.717, 1.165) is 50.2 Å². The molecule has 5 nitrogen and oxygen atoms in total. The minimum Gasteiger partial charge on any atom is -0.309 e. The minimum absolute atomic E-state index is 0.667. The van der Waals surface area contributed by atoms with Gasteiger partial charge in [-0.1, -0.05) is 115 Å². The number of hydrogen-bond acceptors (Lipinski definition) is 3. The zero-order valence-electron chi connectivity index (χ0n) is 31.0. The van der Waals surface area contributed by atoms with E-state index in [1.54, 1.807) is 0 Å². The molecule has 0 saturated heterocycles. The van der Waals surface area contributed by atoms with E-state index < -0.39 is 0 Å². The first-order chi connectivity index (χ1) is 28.8. The fourth-order valence-electron chi connectivity index (χ4n) is 9.43. The van der Waals surface area contributed by atoms with Crippen LogP contribution in [0.3, 0.4) is 0 Å². The lowest BCUT2D eigenvalue weighted by molar-refractivity contribution is 0.994. The van der Waals surface area contributed by atoms with Gasteiger partial charge in [-0.15, -0.1) is 11.3 Å². The number of benzene rings is 8. The molecule has 5 heterocycles. The summed E-state index contributed by atoms with van der Waals surface area (Å²) in [6.45, 7) is 0. The smallest absolute Gasteiger partial charge is 0.163 e. The number of fused-ring (bicyclic) bond motifs is 12. The lowest BCUT2D eigenvalue weighted by Crippen LogP contribution is -2.06. The number of hydrogen-bond donors (Lipinski definition) is 0. The van der Waals surface area contributed by atoms with Crippen LogP contribution in [-0.4, -0.2) is 23.7 Å². The lowest BCUT2D eigenvalue weighted by atomic mass is 10.1. The van der Waals surface area contributed by atoms with Crippen molar-refractivity contribution in [1.82, 2.24) is 23.7 Å². The molecule has 0 unspecified atom stereocenters. The molecule has 0 fully saturated rings. The van der Waals surface area contributed by atoms with Gasteiger partial charge in [0.15, 0.2) is 5.82 Å². The van der Waals surface area contributed by atoms with Crippen molar-refractivity contribution in [3.05, 3.63) is 188 Å². The third-order valence-corrected chi connectivity index (χ3v) is 13.0. The van der Waals surface area contributed by atoms with Gasteiger partial charge in [0, 0.05) is 64.1 Å². The molecule has 6 heteroatoms. The highest BCUT2D eigenvalue weighted by Gasteiger charge is 2.21. The molecule has 5 aromatic heterocycles. The first-order valence-corrected chi connectivity index (χ1v) is 20.4. The fraction of sp³-hybridized carbons (Fsp3) is 0. The Kier molecular flexibility index (Phi) is 6.54. The normalized spacial score (nSPS) is 12.1. The van der Waals surface area contributed by atoms with Crippen molar-refractivity contribution in [3.8, 4) is 28.7 Å². The van der Waals surface area contributed by atoms with Crippen molar-refractivity contribution in [2.24, 2.45) is 0 Å². The van der Waals surface area contributed by atoms with Crippen molar-refractivity contribution in [1.29, 1.82) is 0 Å². The SMILES string of the molecule is c1ccc2c(c1)sc1cccc(-n3c4ccccc4c4cc(-c5nc(-n6c7ccccc7c7ccccc76)cc(-n6c7ccccc7c7ccccc76)n5)ccc43)c12. The van der Waals surface area contributed by atoms with Crippen molar-refractivity contribution in [2.45, 2.75) is 0 Å². The van der Waals surface area contributed by atoms with Crippen LogP contribution in [0.1, 0.15) is 0 Å². The summed E-state index contributed by atoms with van der Waals surface area (Å²) in [5.74, 6) is 2.30. The van der Waals surface area contributed by atoms with E-state index in [2.05, 4.69) is 202 Å². The molecule has 0 atom stereocenters. The van der Waals surface area contributed by atoms with Crippen LogP contribution in [0, 0.1) is 0 Å². The summed E-state index contributed by atoms with van der Waals surface area (Å²) >= 11 is 1.85. The number of rotatable bonds is 4. The molecule has 0 radical (unpaired) electrons. The number of thiophene rings is 1. The van der Waals surface area contributed by atoms with Crippen molar-refractivity contribution < 1.29 is 0 Å². The molecule has 0 N–H and O–H groups in total. The molecule has 13 rings (SSSR count). The van der Waals surface area contributed by atoms with Gasteiger partial charge in [-0.2, -0.15) is 0 Å². The summed E-state index contributed by atoms with van der Waals surface area (Å²) in [6, 6.07) is 67.5. The zero-order chi connectivity index (χ0) is 37.9. The van der Waals surface area contributed by atoms with Crippen LogP contribution in [0.2, 0.25) is 0 Å². The summed E-state index contributed by atoms with van der Waals surface area (Å²) < 4.78 is 9.61. The third kappa shape index (κ3) is 4.40. The highest BCUT2D eigenvalue weighted by atomic mass is 32.1. The van der Waals surface area contributed by atoms with E-state index >= 15 is 0 Å². The molecule has 0 bridgehead atoms. The quantitative estimate of drug-likeness (QED) is 0.179. The summed E-state index contributed by atoms with van der Waals surface area (Å²) in [6.07, 6.45) is 0. The van der Waals surface area contributed by atoms with Crippen LogP contribution in [0.25, 0.3) is 114 Å². The first-order valence-electron chi connectivity index (χ1n) is 19.6. The van der Waals surface area contributed by atoms with Crippen LogP contribution < -0.4 is 0 Å². The van der Waals surface area contributed by atoms with Gasteiger partial charge >= 0.3 is 0 Å². The maximum absolute atomic E-state index is 5.47. The molecular formula is C52H31N5S. The van der Waals surface area contributed by atoms with Crippen LogP contribution in [-0.2, 0) is 0 Å². The van der Waals surface area contributed by atoms with Crippen molar-refractivity contribution >= 4 is 96.9 Å². The monoisotopic (exact) mass is 757 g/mol. The van der Waals surface area contributed by atoms with Gasteiger partial charge in [-0.05, 0) is 66.7 Å². The molecule has 0 aliphatic rings. The molecule has 0 aliphatic heterocycles. The predicted octanol–water partition coefficient (Wildman–Crippen LogP) is 13.8. The van der Waals surface area contributed by atoms with E-state index in [9.17, 15) is 0 Å². The molecule has 0 aliphatic carbocycles. The fourth-order valence-corrected chi connectivity index (χ4v) is 10.6. The molecule has 58 heavy (non-hydrogen) atoms. The zero-order valence-corrected chi connectivity index (χ0v) is 31.9. The second-order valence-electron chi connectivity index (χ2n) is 15.0. The lowest BCUT2D eigenvalue weighted by Gasteiger charge is -2.14. The van der Waals surface area contributed by atoms with E-state index in [-0.39, 0.29) is 0 Å². The van der Waals surface area contributed by atoms with E-state index in [1.165, 1.54) is 58.3 Å². The maximum Gasteiger partial charge on any atom is 0.163 e. The van der Waals surface area contributed by atoms with Crippen LogP contribution >= 0.6 is 11.3 Å². The van der Waals surface area contributed by atoms with E-state index in [1.807, 2.05) is 11.3 Å².